The van der Waals surface area contributed by atoms with Crippen LogP contribution in [0, 0.1) is 0 Å². The summed E-state index contributed by atoms with van der Waals surface area (Å²) in [6, 6.07) is 77.2. The van der Waals surface area contributed by atoms with Crippen molar-refractivity contribution in [3.8, 4) is 33.4 Å². The minimum absolute atomic E-state index is 1.10. The molecule has 0 aliphatic heterocycles. The summed E-state index contributed by atoms with van der Waals surface area (Å²) in [5.41, 5.74) is 10.5. The molecule has 10 aromatic carbocycles. The van der Waals surface area contributed by atoms with Gasteiger partial charge in [-0.2, -0.15) is 0 Å². The fraction of sp³-hybridized carbons (Fsp3) is 0. The number of fused-ring (bicyclic) bond motifs is 7. The highest BCUT2D eigenvalue weighted by atomic mass is 15.1. The number of anilines is 3. The van der Waals surface area contributed by atoms with E-state index in [2.05, 4.69) is 217 Å². The van der Waals surface area contributed by atoms with Crippen LogP contribution in [0.4, 0.5) is 17.1 Å². The number of para-hydroxylation sites is 1. The van der Waals surface area contributed by atoms with Gasteiger partial charge in [0.1, 0.15) is 0 Å². The van der Waals surface area contributed by atoms with Crippen LogP contribution in [0.25, 0.3) is 76.5 Å². The zero-order chi connectivity index (χ0) is 35.1. The fourth-order valence-corrected chi connectivity index (χ4v) is 8.04. The van der Waals surface area contributed by atoms with E-state index < -0.39 is 0 Å². The zero-order valence-corrected chi connectivity index (χ0v) is 29.2. The summed E-state index contributed by atoms with van der Waals surface area (Å²) in [6.07, 6.45) is 0. The van der Waals surface area contributed by atoms with E-state index >= 15 is 0 Å². The van der Waals surface area contributed by atoms with Gasteiger partial charge in [0.2, 0.25) is 0 Å². The van der Waals surface area contributed by atoms with Crippen molar-refractivity contribution in [2.24, 2.45) is 0 Å². The van der Waals surface area contributed by atoms with Gasteiger partial charge in [-0.05, 0) is 107 Å². The van der Waals surface area contributed by atoms with Crippen molar-refractivity contribution in [1.29, 1.82) is 0 Å². The third-order valence-electron chi connectivity index (χ3n) is 10.6. The maximum absolute atomic E-state index is 2.39. The third kappa shape index (κ3) is 5.51. The quantitative estimate of drug-likeness (QED) is 0.159. The van der Waals surface area contributed by atoms with Gasteiger partial charge in [0.15, 0.2) is 0 Å². The lowest BCUT2D eigenvalue weighted by Gasteiger charge is -2.28. The second-order valence-electron chi connectivity index (χ2n) is 13.7. The van der Waals surface area contributed by atoms with Gasteiger partial charge in [-0.1, -0.05) is 176 Å². The third-order valence-corrected chi connectivity index (χ3v) is 10.6. The Morgan fingerprint density at radius 3 is 1.53 bits per heavy atom. The van der Waals surface area contributed by atoms with E-state index in [0.29, 0.717) is 0 Å². The fourth-order valence-electron chi connectivity index (χ4n) is 8.04. The standard InChI is InChI=1S/C52H35N/c1-3-12-36(13-4-1)43-17-11-18-46(34-43)53(50-21-10-9-19-47(50)38-14-5-2-6-15-38)45-32-30-37(31-33-45)44-29-24-40-23-26-42-28-27-41-25-22-39-16-7-8-20-48(39)51(41)52(42)49(40)35-44/h1-35H. The van der Waals surface area contributed by atoms with Crippen molar-refractivity contribution in [2.45, 2.75) is 0 Å². The zero-order valence-electron chi connectivity index (χ0n) is 29.2. The van der Waals surface area contributed by atoms with E-state index in [-0.39, 0.29) is 0 Å². The number of hydrogen-bond donors (Lipinski definition) is 0. The molecule has 10 aromatic rings. The number of benzene rings is 10. The molecule has 10 rings (SSSR count). The highest BCUT2D eigenvalue weighted by Crippen LogP contribution is 2.43. The van der Waals surface area contributed by atoms with Gasteiger partial charge in [-0.15, -0.1) is 0 Å². The molecule has 0 saturated heterocycles. The summed E-state index contributed by atoms with van der Waals surface area (Å²) in [5, 5.41) is 10.3. The van der Waals surface area contributed by atoms with Crippen molar-refractivity contribution >= 4 is 60.2 Å². The molecule has 0 saturated carbocycles. The Balaban J connectivity index is 1.12. The topological polar surface area (TPSA) is 3.24 Å². The van der Waals surface area contributed by atoms with Gasteiger partial charge in [0, 0.05) is 16.9 Å². The highest BCUT2D eigenvalue weighted by molar-refractivity contribution is 6.27. The van der Waals surface area contributed by atoms with Crippen LogP contribution in [-0.4, -0.2) is 0 Å². The lowest BCUT2D eigenvalue weighted by atomic mass is 9.91. The van der Waals surface area contributed by atoms with E-state index in [1.165, 1.54) is 76.5 Å². The molecule has 0 bridgehead atoms. The molecule has 1 heteroatoms. The van der Waals surface area contributed by atoms with Crippen LogP contribution in [0.5, 0.6) is 0 Å². The number of hydrogen-bond acceptors (Lipinski definition) is 1. The largest absolute Gasteiger partial charge is 0.310 e. The maximum atomic E-state index is 2.39. The summed E-state index contributed by atoms with van der Waals surface area (Å²) in [6.45, 7) is 0. The van der Waals surface area contributed by atoms with Gasteiger partial charge >= 0.3 is 0 Å². The Bertz CT molecular complexity index is 2920. The van der Waals surface area contributed by atoms with E-state index in [9.17, 15) is 0 Å². The van der Waals surface area contributed by atoms with Crippen molar-refractivity contribution in [3.63, 3.8) is 0 Å². The summed E-state index contributed by atoms with van der Waals surface area (Å²) in [5.74, 6) is 0. The summed E-state index contributed by atoms with van der Waals surface area (Å²) >= 11 is 0. The van der Waals surface area contributed by atoms with Crippen LogP contribution in [0.3, 0.4) is 0 Å². The normalized spacial score (nSPS) is 11.4. The van der Waals surface area contributed by atoms with Crippen LogP contribution < -0.4 is 4.90 Å². The van der Waals surface area contributed by atoms with Crippen LogP contribution >= 0.6 is 0 Å². The summed E-state index contributed by atoms with van der Waals surface area (Å²) in [4.78, 5) is 2.39. The molecule has 0 N–H and O–H groups in total. The molecule has 0 aliphatic rings. The van der Waals surface area contributed by atoms with Crippen LogP contribution in [0.15, 0.2) is 212 Å². The molecule has 1 nitrogen and oxygen atoms in total. The SMILES string of the molecule is c1ccc(-c2cccc(N(c3ccc(-c4ccc5ccc6ccc7ccc8ccccc8c7c6c5c4)cc3)c3ccccc3-c3ccccc3)c2)cc1. The molecule has 0 spiro atoms. The minimum atomic E-state index is 1.10. The molecule has 0 fully saturated rings. The first-order valence-electron chi connectivity index (χ1n) is 18.3. The monoisotopic (exact) mass is 673 g/mol. The molecule has 53 heavy (non-hydrogen) atoms. The molecule has 0 atom stereocenters. The first-order chi connectivity index (χ1) is 26.3. The van der Waals surface area contributed by atoms with E-state index in [1.807, 2.05) is 0 Å². The number of rotatable bonds is 6. The lowest BCUT2D eigenvalue weighted by Crippen LogP contribution is -2.11. The molecule has 248 valence electrons. The first-order valence-corrected chi connectivity index (χ1v) is 18.3. The lowest BCUT2D eigenvalue weighted by molar-refractivity contribution is 1.28. The smallest absolute Gasteiger partial charge is 0.0540 e. The molecular formula is C52H35N. The van der Waals surface area contributed by atoms with Crippen LogP contribution in [-0.2, 0) is 0 Å². The summed E-state index contributed by atoms with van der Waals surface area (Å²) < 4.78 is 0. The van der Waals surface area contributed by atoms with Crippen LogP contribution in [0.1, 0.15) is 0 Å². The van der Waals surface area contributed by atoms with Gasteiger partial charge in [-0.25, -0.2) is 0 Å². The average molecular weight is 674 g/mol. The summed E-state index contributed by atoms with van der Waals surface area (Å²) in [7, 11) is 0. The highest BCUT2D eigenvalue weighted by Gasteiger charge is 2.18. The Hall–Kier alpha value is -6.96. The molecule has 0 heterocycles. The van der Waals surface area contributed by atoms with Gasteiger partial charge in [-0.3, -0.25) is 0 Å². The minimum Gasteiger partial charge on any atom is -0.310 e. The van der Waals surface area contributed by atoms with Crippen LogP contribution in [0.2, 0.25) is 0 Å². The van der Waals surface area contributed by atoms with Gasteiger partial charge < -0.3 is 4.90 Å². The molecule has 0 aromatic heterocycles. The van der Waals surface area contributed by atoms with Crippen molar-refractivity contribution in [2.75, 3.05) is 4.90 Å². The Labute approximate surface area is 309 Å². The maximum Gasteiger partial charge on any atom is 0.0540 e. The molecule has 0 aliphatic carbocycles. The molecular weight excluding hydrogens is 639 g/mol. The Morgan fingerprint density at radius 1 is 0.264 bits per heavy atom. The van der Waals surface area contributed by atoms with Crippen molar-refractivity contribution in [3.05, 3.63) is 212 Å². The molecule has 0 radical (unpaired) electrons. The molecule has 0 unspecified atom stereocenters. The second-order valence-corrected chi connectivity index (χ2v) is 13.7. The Morgan fingerprint density at radius 2 is 0.774 bits per heavy atom. The van der Waals surface area contributed by atoms with E-state index in [4.69, 9.17) is 0 Å². The second kappa shape index (κ2) is 13.0. The van der Waals surface area contributed by atoms with Gasteiger partial charge in [0.05, 0.1) is 5.69 Å². The predicted octanol–water partition coefficient (Wildman–Crippen LogP) is 14.8. The molecule has 0 amide bonds. The predicted molar refractivity (Wildman–Crippen MR) is 227 cm³/mol. The first kappa shape index (κ1) is 30.8. The average Bonchev–Trinajstić information content (AvgIpc) is 3.24. The number of nitrogens with zero attached hydrogens (tertiary/aromatic N) is 1. The van der Waals surface area contributed by atoms with Crippen molar-refractivity contribution in [1.82, 2.24) is 0 Å². The van der Waals surface area contributed by atoms with Gasteiger partial charge in [0.25, 0.3) is 0 Å². The van der Waals surface area contributed by atoms with E-state index in [1.54, 1.807) is 0 Å². The van der Waals surface area contributed by atoms with Crippen molar-refractivity contribution < 1.29 is 0 Å². The van der Waals surface area contributed by atoms with E-state index in [0.717, 1.165) is 17.1 Å². The Kier molecular flexibility index (Phi) is 7.55.